The lowest BCUT2D eigenvalue weighted by atomic mass is 10.1. The van der Waals surface area contributed by atoms with Crippen molar-refractivity contribution < 1.29 is 0 Å². The summed E-state index contributed by atoms with van der Waals surface area (Å²) >= 11 is 0. The van der Waals surface area contributed by atoms with Crippen LogP contribution in [-0.2, 0) is 13.1 Å². The molecule has 0 aliphatic rings. The fourth-order valence-corrected chi connectivity index (χ4v) is 1.99. The van der Waals surface area contributed by atoms with Crippen LogP contribution < -0.4 is 5.69 Å². The monoisotopic (exact) mass is 230 g/mol. The standard InChI is InChI=1S/C14H18N2O/c1-3-7-15-8-9-16(14(15)17)11-13-6-4-5-12(2)10-13/h4-6,8-10H,3,7,11H2,1-2H3. The molecule has 0 saturated carbocycles. The Morgan fingerprint density at radius 2 is 1.94 bits per heavy atom. The minimum atomic E-state index is 0.0772. The molecule has 90 valence electrons. The molecule has 0 aliphatic heterocycles. The summed E-state index contributed by atoms with van der Waals surface area (Å²) < 4.78 is 3.51. The lowest BCUT2D eigenvalue weighted by Gasteiger charge is -2.03. The maximum Gasteiger partial charge on any atom is 0.328 e. The SMILES string of the molecule is CCCn1ccn(Cc2cccc(C)c2)c1=O. The molecule has 0 aliphatic carbocycles. The number of hydrogen-bond acceptors (Lipinski definition) is 1. The molecule has 1 aromatic heterocycles. The first-order valence-corrected chi connectivity index (χ1v) is 6.02. The van der Waals surface area contributed by atoms with Crippen molar-refractivity contribution >= 4 is 0 Å². The molecule has 0 bridgehead atoms. The molecular formula is C14H18N2O. The fraction of sp³-hybridized carbons (Fsp3) is 0.357. The largest absolute Gasteiger partial charge is 0.328 e. The number of aryl methyl sites for hydroxylation is 2. The van der Waals surface area contributed by atoms with Crippen molar-refractivity contribution in [2.75, 3.05) is 0 Å². The van der Waals surface area contributed by atoms with Crippen LogP contribution in [0.5, 0.6) is 0 Å². The first-order chi connectivity index (χ1) is 8.20. The van der Waals surface area contributed by atoms with Crippen LogP contribution in [0.1, 0.15) is 24.5 Å². The Bertz CT molecular complexity index is 551. The maximum atomic E-state index is 12.0. The maximum absolute atomic E-state index is 12.0. The summed E-state index contributed by atoms with van der Waals surface area (Å²) in [6.45, 7) is 5.58. The van der Waals surface area contributed by atoms with Crippen LogP contribution in [0.15, 0.2) is 41.5 Å². The zero-order valence-corrected chi connectivity index (χ0v) is 10.4. The highest BCUT2D eigenvalue weighted by molar-refractivity contribution is 5.22. The van der Waals surface area contributed by atoms with E-state index in [1.807, 2.05) is 18.5 Å². The lowest BCUT2D eigenvalue weighted by Crippen LogP contribution is -2.24. The molecule has 0 fully saturated rings. The first-order valence-electron chi connectivity index (χ1n) is 6.02. The molecule has 0 atom stereocenters. The Labute approximate surface area is 101 Å². The van der Waals surface area contributed by atoms with Gasteiger partial charge in [-0.25, -0.2) is 4.79 Å². The summed E-state index contributed by atoms with van der Waals surface area (Å²) in [7, 11) is 0. The van der Waals surface area contributed by atoms with E-state index in [1.54, 1.807) is 9.13 Å². The molecule has 2 rings (SSSR count). The van der Waals surface area contributed by atoms with E-state index in [0.717, 1.165) is 13.0 Å². The normalized spacial score (nSPS) is 10.7. The van der Waals surface area contributed by atoms with E-state index in [1.165, 1.54) is 11.1 Å². The number of rotatable bonds is 4. The van der Waals surface area contributed by atoms with Crippen LogP contribution in [0, 0.1) is 6.92 Å². The van der Waals surface area contributed by atoms with Gasteiger partial charge in [-0.2, -0.15) is 0 Å². The minimum absolute atomic E-state index is 0.0772. The summed E-state index contributed by atoms with van der Waals surface area (Å²) in [5.41, 5.74) is 2.47. The summed E-state index contributed by atoms with van der Waals surface area (Å²) in [5, 5.41) is 0. The zero-order valence-electron chi connectivity index (χ0n) is 10.4. The Morgan fingerprint density at radius 1 is 1.18 bits per heavy atom. The van der Waals surface area contributed by atoms with Gasteiger partial charge in [-0.05, 0) is 18.9 Å². The second kappa shape index (κ2) is 5.04. The molecule has 1 aromatic carbocycles. The van der Waals surface area contributed by atoms with E-state index in [4.69, 9.17) is 0 Å². The van der Waals surface area contributed by atoms with Crippen molar-refractivity contribution in [1.29, 1.82) is 0 Å². The molecule has 0 spiro atoms. The summed E-state index contributed by atoms with van der Waals surface area (Å²) in [5.74, 6) is 0. The van der Waals surface area contributed by atoms with E-state index < -0.39 is 0 Å². The second-order valence-electron chi connectivity index (χ2n) is 4.39. The molecule has 17 heavy (non-hydrogen) atoms. The van der Waals surface area contributed by atoms with Gasteiger partial charge in [0.25, 0.3) is 0 Å². The van der Waals surface area contributed by atoms with Crippen molar-refractivity contribution in [3.63, 3.8) is 0 Å². The molecule has 0 unspecified atom stereocenters. The molecule has 3 nitrogen and oxygen atoms in total. The molecule has 1 heterocycles. The Morgan fingerprint density at radius 3 is 2.65 bits per heavy atom. The first kappa shape index (κ1) is 11.7. The minimum Gasteiger partial charge on any atom is -0.299 e. The average molecular weight is 230 g/mol. The van der Waals surface area contributed by atoms with Gasteiger partial charge in [0.2, 0.25) is 0 Å². The summed E-state index contributed by atoms with van der Waals surface area (Å²) in [6.07, 6.45) is 4.70. The lowest BCUT2D eigenvalue weighted by molar-refractivity contribution is 0.624. The van der Waals surface area contributed by atoms with Crippen molar-refractivity contribution in [2.45, 2.75) is 33.4 Å². The Kier molecular flexibility index (Phi) is 3.47. The van der Waals surface area contributed by atoms with Gasteiger partial charge in [-0.1, -0.05) is 36.8 Å². The Balaban J connectivity index is 2.22. The van der Waals surface area contributed by atoms with E-state index in [9.17, 15) is 4.79 Å². The van der Waals surface area contributed by atoms with Crippen LogP contribution in [0.3, 0.4) is 0 Å². The topological polar surface area (TPSA) is 26.9 Å². The number of nitrogens with zero attached hydrogens (tertiary/aromatic N) is 2. The van der Waals surface area contributed by atoms with Gasteiger partial charge in [-0.3, -0.25) is 9.13 Å². The van der Waals surface area contributed by atoms with Crippen molar-refractivity contribution in [1.82, 2.24) is 9.13 Å². The quantitative estimate of drug-likeness (QED) is 0.792. The summed E-state index contributed by atoms with van der Waals surface area (Å²) in [4.78, 5) is 12.0. The van der Waals surface area contributed by atoms with Crippen LogP contribution >= 0.6 is 0 Å². The van der Waals surface area contributed by atoms with Crippen LogP contribution in [-0.4, -0.2) is 9.13 Å². The molecule has 0 saturated heterocycles. The third-order valence-corrected chi connectivity index (χ3v) is 2.82. The summed E-state index contributed by atoms with van der Waals surface area (Å²) in [6, 6.07) is 8.26. The van der Waals surface area contributed by atoms with Gasteiger partial charge in [0.1, 0.15) is 0 Å². The van der Waals surface area contributed by atoms with Gasteiger partial charge < -0.3 is 0 Å². The molecule has 2 aromatic rings. The predicted molar refractivity (Wildman–Crippen MR) is 69.3 cm³/mol. The van der Waals surface area contributed by atoms with E-state index >= 15 is 0 Å². The van der Waals surface area contributed by atoms with Crippen LogP contribution in [0.2, 0.25) is 0 Å². The molecule has 0 radical (unpaired) electrons. The van der Waals surface area contributed by atoms with Crippen molar-refractivity contribution in [3.05, 3.63) is 58.3 Å². The molecular weight excluding hydrogens is 212 g/mol. The second-order valence-corrected chi connectivity index (χ2v) is 4.39. The van der Waals surface area contributed by atoms with Gasteiger partial charge in [-0.15, -0.1) is 0 Å². The number of benzene rings is 1. The van der Waals surface area contributed by atoms with E-state index in [2.05, 4.69) is 32.0 Å². The van der Waals surface area contributed by atoms with Crippen molar-refractivity contribution in [2.24, 2.45) is 0 Å². The van der Waals surface area contributed by atoms with E-state index in [-0.39, 0.29) is 5.69 Å². The number of imidazole rings is 1. The number of hydrogen-bond donors (Lipinski definition) is 0. The van der Waals surface area contributed by atoms with Gasteiger partial charge >= 0.3 is 5.69 Å². The highest BCUT2D eigenvalue weighted by atomic mass is 16.1. The highest BCUT2D eigenvalue weighted by Gasteiger charge is 2.03. The average Bonchev–Trinajstić information content (AvgIpc) is 2.62. The molecule has 0 amide bonds. The smallest absolute Gasteiger partial charge is 0.299 e. The molecule has 3 heteroatoms. The van der Waals surface area contributed by atoms with Gasteiger partial charge in [0.15, 0.2) is 0 Å². The van der Waals surface area contributed by atoms with Gasteiger partial charge in [0.05, 0.1) is 6.54 Å². The fourth-order valence-electron chi connectivity index (χ4n) is 1.99. The van der Waals surface area contributed by atoms with Crippen LogP contribution in [0.25, 0.3) is 0 Å². The van der Waals surface area contributed by atoms with Crippen molar-refractivity contribution in [3.8, 4) is 0 Å². The van der Waals surface area contributed by atoms with E-state index in [0.29, 0.717) is 6.54 Å². The number of aromatic nitrogens is 2. The third-order valence-electron chi connectivity index (χ3n) is 2.82. The third kappa shape index (κ3) is 2.67. The highest BCUT2D eigenvalue weighted by Crippen LogP contribution is 2.05. The zero-order chi connectivity index (χ0) is 12.3. The Hall–Kier alpha value is -1.77. The molecule has 0 N–H and O–H groups in total. The van der Waals surface area contributed by atoms with Crippen LogP contribution in [0.4, 0.5) is 0 Å². The predicted octanol–water partition coefficient (Wildman–Crippen LogP) is 2.42. The van der Waals surface area contributed by atoms with Gasteiger partial charge in [0, 0.05) is 18.9 Å².